The van der Waals surface area contributed by atoms with Crippen LogP contribution in [0.25, 0.3) is 116 Å². The molecule has 0 fully saturated rings. The van der Waals surface area contributed by atoms with Gasteiger partial charge in [0.15, 0.2) is 0 Å². The molecule has 0 amide bonds. The summed E-state index contributed by atoms with van der Waals surface area (Å²) in [5.41, 5.74) is 15.8. The number of allylic oxidation sites excluding steroid dienone is 1. The van der Waals surface area contributed by atoms with Crippen molar-refractivity contribution in [2.75, 3.05) is 0 Å². The summed E-state index contributed by atoms with van der Waals surface area (Å²) in [6.07, 6.45) is 4.15. The van der Waals surface area contributed by atoms with Crippen LogP contribution >= 0.6 is 0 Å². The molecular weight excluding hydrogens is 709 g/mol. The third kappa shape index (κ3) is 4.57. The predicted octanol–water partition coefficient (Wildman–Crippen LogP) is 14.8. The summed E-state index contributed by atoms with van der Waals surface area (Å²) in [5, 5.41) is 8.45. The summed E-state index contributed by atoms with van der Waals surface area (Å²) in [6, 6.07) is 63.4. The van der Waals surface area contributed by atoms with Crippen LogP contribution in [0, 0.1) is 0 Å². The molecule has 0 N–H and O–H groups in total. The molecule has 8 aromatic carbocycles. The molecule has 1 aliphatic carbocycles. The second-order valence-corrected chi connectivity index (χ2v) is 15.6. The molecule has 0 saturated carbocycles. The fourth-order valence-corrected chi connectivity index (χ4v) is 9.74. The molecular formula is C54H34N2O2. The zero-order chi connectivity index (χ0) is 37.9. The van der Waals surface area contributed by atoms with Crippen LogP contribution in [0.5, 0.6) is 0 Å². The summed E-state index contributed by atoms with van der Waals surface area (Å²) in [5.74, 6) is 1.06. The highest BCUT2D eigenvalue weighted by molar-refractivity contribution is 6.12. The molecule has 4 heterocycles. The van der Waals surface area contributed by atoms with Gasteiger partial charge in [-0.1, -0.05) is 103 Å². The Morgan fingerprint density at radius 3 is 1.43 bits per heavy atom. The minimum atomic E-state index is 0.868. The van der Waals surface area contributed by atoms with Crippen LogP contribution in [0.3, 0.4) is 0 Å². The number of nitrogens with zero attached hydrogens (tertiary/aromatic N) is 2. The Kier molecular flexibility index (Phi) is 6.53. The van der Waals surface area contributed by atoms with E-state index in [2.05, 4.69) is 191 Å². The molecule has 272 valence electrons. The molecule has 13 rings (SSSR count). The maximum atomic E-state index is 6.49. The molecule has 58 heavy (non-hydrogen) atoms. The Morgan fingerprint density at radius 1 is 0.345 bits per heavy atom. The van der Waals surface area contributed by atoms with E-state index in [4.69, 9.17) is 8.83 Å². The molecule has 0 spiro atoms. The fourth-order valence-electron chi connectivity index (χ4n) is 9.74. The van der Waals surface area contributed by atoms with Crippen LogP contribution in [0.1, 0.15) is 17.7 Å². The van der Waals surface area contributed by atoms with Crippen molar-refractivity contribution in [3.8, 4) is 27.9 Å². The van der Waals surface area contributed by atoms with Gasteiger partial charge in [0.25, 0.3) is 0 Å². The highest BCUT2D eigenvalue weighted by Gasteiger charge is 2.22. The van der Waals surface area contributed by atoms with E-state index in [9.17, 15) is 0 Å². The zero-order valence-electron chi connectivity index (χ0n) is 31.4. The van der Waals surface area contributed by atoms with E-state index >= 15 is 0 Å². The lowest BCUT2D eigenvalue weighted by Crippen LogP contribution is -2.03. The second-order valence-electron chi connectivity index (χ2n) is 15.6. The van der Waals surface area contributed by atoms with Crippen molar-refractivity contribution in [1.82, 2.24) is 9.13 Å². The molecule has 4 nitrogen and oxygen atoms in total. The van der Waals surface area contributed by atoms with Crippen LogP contribution < -0.4 is 0 Å². The van der Waals surface area contributed by atoms with E-state index in [1.807, 2.05) is 0 Å². The maximum absolute atomic E-state index is 6.49. The molecule has 0 radical (unpaired) electrons. The molecule has 0 saturated heterocycles. The summed E-state index contributed by atoms with van der Waals surface area (Å²) < 4.78 is 17.7. The number of fused-ring (bicyclic) bond motifs is 12. The number of para-hydroxylation sites is 4. The number of furan rings is 2. The van der Waals surface area contributed by atoms with Crippen LogP contribution in [0.15, 0.2) is 185 Å². The van der Waals surface area contributed by atoms with Crippen molar-refractivity contribution in [3.63, 3.8) is 0 Å². The van der Waals surface area contributed by atoms with Gasteiger partial charge in [0.05, 0.1) is 22.1 Å². The quantitative estimate of drug-likeness (QED) is 0.180. The minimum absolute atomic E-state index is 0.868. The third-order valence-corrected chi connectivity index (χ3v) is 12.4. The van der Waals surface area contributed by atoms with Gasteiger partial charge in [0.2, 0.25) is 0 Å². The average molecular weight is 743 g/mol. The average Bonchev–Trinajstić information content (AvgIpc) is 4.03. The lowest BCUT2D eigenvalue weighted by atomic mass is 9.95. The molecule has 0 bridgehead atoms. The SMILES string of the molecule is C1=C(n2c3ccccc3c3ccccc32)CCc2oc3ccc(-c4cccc(-c5ccc6oc7ccc(-n8c9ccccc9c9ccccc98)cc7c6c5)c4)cc3c21. The minimum Gasteiger partial charge on any atom is -0.460 e. The van der Waals surface area contributed by atoms with Gasteiger partial charge in [0, 0.05) is 61.1 Å². The largest absolute Gasteiger partial charge is 0.460 e. The molecule has 0 unspecified atom stereocenters. The number of aromatic nitrogens is 2. The number of rotatable bonds is 4. The first-order chi connectivity index (χ1) is 28.7. The van der Waals surface area contributed by atoms with Crippen LogP contribution in [0.4, 0.5) is 0 Å². The van der Waals surface area contributed by atoms with E-state index < -0.39 is 0 Å². The van der Waals surface area contributed by atoms with Crippen molar-refractivity contribution < 1.29 is 8.83 Å². The van der Waals surface area contributed by atoms with Gasteiger partial charge in [-0.25, -0.2) is 0 Å². The highest BCUT2D eigenvalue weighted by Crippen LogP contribution is 2.41. The topological polar surface area (TPSA) is 36.1 Å². The molecule has 4 aromatic heterocycles. The van der Waals surface area contributed by atoms with Gasteiger partial charge in [0.1, 0.15) is 22.5 Å². The predicted molar refractivity (Wildman–Crippen MR) is 241 cm³/mol. The van der Waals surface area contributed by atoms with Crippen molar-refractivity contribution in [2.24, 2.45) is 0 Å². The van der Waals surface area contributed by atoms with Gasteiger partial charge in [-0.2, -0.15) is 0 Å². The van der Waals surface area contributed by atoms with Gasteiger partial charge >= 0.3 is 0 Å². The lowest BCUT2D eigenvalue weighted by molar-refractivity contribution is 0.546. The Hall–Kier alpha value is -7.56. The Labute approximate surface area is 333 Å². The molecule has 1 aliphatic rings. The van der Waals surface area contributed by atoms with E-state index in [1.165, 1.54) is 66.0 Å². The van der Waals surface area contributed by atoms with Crippen molar-refractivity contribution >= 4 is 88.3 Å². The summed E-state index contributed by atoms with van der Waals surface area (Å²) in [4.78, 5) is 0. The van der Waals surface area contributed by atoms with Crippen LogP contribution in [-0.2, 0) is 6.42 Å². The van der Waals surface area contributed by atoms with Crippen molar-refractivity contribution in [1.29, 1.82) is 0 Å². The Balaban J connectivity index is 0.897. The second kappa shape index (κ2) is 12.0. The van der Waals surface area contributed by atoms with E-state index in [0.29, 0.717) is 0 Å². The van der Waals surface area contributed by atoms with Crippen molar-refractivity contribution in [3.05, 3.63) is 187 Å². The zero-order valence-corrected chi connectivity index (χ0v) is 31.4. The molecule has 0 atom stereocenters. The monoisotopic (exact) mass is 742 g/mol. The molecule has 0 aliphatic heterocycles. The molecule has 4 heteroatoms. The number of benzene rings is 8. The van der Waals surface area contributed by atoms with E-state index in [-0.39, 0.29) is 0 Å². The first kappa shape index (κ1) is 31.6. The van der Waals surface area contributed by atoms with Crippen molar-refractivity contribution in [2.45, 2.75) is 12.8 Å². The van der Waals surface area contributed by atoms with Gasteiger partial charge in [-0.15, -0.1) is 0 Å². The third-order valence-electron chi connectivity index (χ3n) is 12.4. The Morgan fingerprint density at radius 2 is 0.828 bits per heavy atom. The Bertz CT molecular complexity index is 3590. The van der Waals surface area contributed by atoms with Gasteiger partial charge in [-0.3, -0.25) is 0 Å². The fraction of sp³-hybridized carbons (Fsp3) is 0.0370. The highest BCUT2D eigenvalue weighted by atomic mass is 16.3. The van der Waals surface area contributed by atoms with E-state index in [1.54, 1.807) is 0 Å². The summed E-state index contributed by atoms with van der Waals surface area (Å²) in [6.45, 7) is 0. The van der Waals surface area contributed by atoms with E-state index in [0.717, 1.165) is 68.3 Å². The van der Waals surface area contributed by atoms with Gasteiger partial charge < -0.3 is 18.0 Å². The van der Waals surface area contributed by atoms with Crippen LogP contribution in [0.2, 0.25) is 0 Å². The van der Waals surface area contributed by atoms with Crippen LogP contribution in [-0.4, -0.2) is 9.13 Å². The summed E-state index contributed by atoms with van der Waals surface area (Å²) in [7, 11) is 0. The normalized spacial score (nSPS) is 13.1. The first-order valence-electron chi connectivity index (χ1n) is 20.0. The standard InChI is InChI=1S/C54H34N2O2/c1-5-16-47-39(12-1)40-13-2-6-17-48(40)55(47)37-22-26-53-45(31-37)43-29-35(20-24-51(43)57-53)33-10-9-11-34(28-33)36-21-25-52-44(30-36)46-32-38(23-27-54(46)58-52)56-49-18-7-3-14-41(49)42-15-4-8-19-50(42)56/h1-22,24-26,28-32H,23,27H2. The maximum Gasteiger partial charge on any atom is 0.135 e. The first-order valence-corrected chi connectivity index (χ1v) is 20.0. The molecule has 12 aromatic rings. The lowest BCUT2D eigenvalue weighted by Gasteiger charge is -2.16. The number of aryl methyl sites for hydroxylation is 1. The van der Waals surface area contributed by atoms with Gasteiger partial charge in [-0.05, 0) is 108 Å². The number of hydrogen-bond donors (Lipinski definition) is 0. The summed E-state index contributed by atoms with van der Waals surface area (Å²) >= 11 is 0. The number of hydrogen-bond acceptors (Lipinski definition) is 2. The smallest absolute Gasteiger partial charge is 0.135 e.